The first-order valence-electron chi connectivity index (χ1n) is 7.26. The van der Waals surface area contributed by atoms with Crippen molar-refractivity contribution >= 4 is 22.8 Å². The maximum absolute atomic E-state index is 11.6. The zero-order valence-electron chi connectivity index (χ0n) is 12.4. The Labute approximate surface area is 131 Å². The van der Waals surface area contributed by atoms with Gasteiger partial charge in [0.1, 0.15) is 0 Å². The van der Waals surface area contributed by atoms with Crippen LogP contribution in [0.2, 0.25) is 0 Å². The first-order chi connectivity index (χ1) is 11.0. The number of carbonyl (C=O) groups is 2. The van der Waals surface area contributed by atoms with Gasteiger partial charge in [0, 0.05) is 34.4 Å². The summed E-state index contributed by atoms with van der Waals surface area (Å²) in [6.07, 6.45) is 0.412. The summed E-state index contributed by atoms with van der Waals surface area (Å²) in [7, 11) is 0. The molecule has 0 bridgehead atoms. The lowest BCUT2D eigenvalue weighted by molar-refractivity contribution is 0.0651. The second kappa shape index (κ2) is 4.49. The number of nitrogens with one attached hydrogen (secondary N) is 1. The fourth-order valence-corrected chi connectivity index (χ4v) is 3.61. The number of hydrogen-bond acceptors (Lipinski definition) is 2. The lowest BCUT2D eigenvalue weighted by Crippen LogP contribution is -2.16. The molecule has 0 unspecified atom stereocenters. The number of fused-ring (bicyclic) bond motifs is 4. The van der Waals surface area contributed by atoms with E-state index in [-0.39, 0.29) is 11.1 Å². The van der Waals surface area contributed by atoms with Crippen LogP contribution in [-0.4, -0.2) is 31.7 Å². The molecule has 4 rings (SSSR count). The Hall–Kier alpha value is -3.02. The number of aromatic amines is 1. The van der Waals surface area contributed by atoms with E-state index < -0.39 is 11.9 Å². The van der Waals surface area contributed by atoms with Gasteiger partial charge in [0.25, 0.3) is 0 Å². The number of aromatic carboxylic acids is 2. The van der Waals surface area contributed by atoms with E-state index in [1.54, 1.807) is 11.5 Å². The smallest absolute Gasteiger partial charge is 0.338 e. The zero-order valence-corrected chi connectivity index (χ0v) is 12.4. The number of nitrogens with zero attached hydrogens (tertiary/aromatic N) is 1. The van der Waals surface area contributed by atoms with Crippen LogP contribution in [0.4, 0.5) is 0 Å². The molecule has 6 heteroatoms. The molecule has 0 saturated carbocycles. The van der Waals surface area contributed by atoms with Crippen molar-refractivity contribution in [2.75, 3.05) is 0 Å². The fraction of sp³-hybridized carbons (Fsp3) is 0.176. The molecule has 1 aliphatic rings. The van der Waals surface area contributed by atoms with E-state index in [9.17, 15) is 19.8 Å². The van der Waals surface area contributed by atoms with Crippen LogP contribution in [0.25, 0.3) is 10.9 Å². The second-order valence-electron chi connectivity index (χ2n) is 5.78. The van der Waals surface area contributed by atoms with Crippen LogP contribution >= 0.6 is 0 Å². The van der Waals surface area contributed by atoms with Gasteiger partial charge in [-0.15, -0.1) is 0 Å². The van der Waals surface area contributed by atoms with Gasteiger partial charge in [0.2, 0.25) is 0 Å². The summed E-state index contributed by atoms with van der Waals surface area (Å²) in [4.78, 5) is 26.5. The minimum atomic E-state index is -1.20. The van der Waals surface area contributed by atoms with Gasteiger partial charge in [-0.2, -0.15) is 0 Å². The first kappa shape index (κ1) is 13.6. The van der Waals surface area contributed by atoms with Crippen molar-refractivity contribution in [2.45, 2.75) is 19.9 Å². The van der Waals surface area contributed by atoms with Gasteiger partial charge in [-0.3, -0.25) is 0 Å². The Bertz CT molecular complexity index is 994. The minimum Gasteiger partial charge on any atom is -0.478 e. The van der Waals surface area contributed by atoms with Crippen molar-refractivity contribution < 1.29 is 19.8 Å². The largest absolute Gasteiger partial charge is 0.478 e. The molecule has 0 spiro atoms. The number of para-hydroxylation sites is 1. The third kappa shape index (κ3) is 1.75. The number of rotatable bonds is 2. The molecule has 0 amide bonds. The predicted molar refractivity (Wildman–Crippen MR) is 83.3 cm³/mol. The third-order valence-corrected chi connectivity index (χ3v) is 4.62. The number of benzene rings is 1. The molecule has 0 aliphatic carbocycles. The van der Waals surface area contributed by atoms with Gasteiger partial charge in [0.05, 0.1) is 17.7 Å². The topological polar surface area (TPSA) is 95.3 Å². The molecule has 116 valence electrons. The van der Waals surface area contributed by atoms with Crippen LogP contribution in [0.1, 0.15) is 43.4 Å². The average Bonchev–Trinajstić information content (AvgIpc) is 3.01. The van der Waals surface area contributed by atoms with Gasteiger partial charge in [-0.05, 0) is 18.6 Å². The maximum atomic E-state index is 11.6. The van der Waals surface area contributed by atoms with E-state index in [0.29, 0.717) is 24.4 Å². The number of carboxylic acids is 2. The summed E-state index contributed by atoms with van der Waals surface area (Å²) in [6.45, 7) is 2.12. The monoisotopic (exact) mass is 310 g/mol. The predicted octanol–water partition coefficient (Wildman–Crippen LogP) is 2.63. The first-order valence-corrected chi connectivity index (χ1v) is 7.26. The molecule has 0 fully saturated rings. The van der Waals surface area contributed by atoms with E-state index in [0.717, 1.165) is 22.2 Å². The highest BCUT2D eigenvalue weighted by atomic mass is 16.4. The number of hydrogen-bond donors (Lipinski definition) is 3. The molecule has 3 heterocycles. The van der Waals surface area contributed by atoms with E-state index >= 15 is 0 Å². The van der Waals surface area contributed by atoms with Crippen molar-refractivity contribution in [3.63, 3.8) is 0 Å². The Balaban J connectivity index is 1.99. The zero-order chi connectivity index (χ0) is 16.3. The van der Waals surface area contributed by atoms with Gasteiger partial charge in [-0.25, -0.2) is 9.59 Å². The Morgan fingerprint density at radius 1 is 1.13 bits per heavy atom. The van der Waals surface area contributed by atoms with Crippen molar-refractivity contribution in [3.05, 3.63) is 58.0 Å². The van der Waals surface area contributed by atoms with E-state index in [1.807, 2.05) is 24.3 Å². The lowest BCUT2D eigenvalue weighted by atomic mass is 9.99. The summed E-state index contributed by atoms with van der Waals surface area (Å²) >= 11 is 0. The Morgan fingerprint density at radius 3 is 2.52 bits per heavy atom. The molecule has 0 atom stereocenters. The van der Waals surface area contributed by atoms with Crippen LogP contribution in [0.3, 0.4) is 0 Å². The highest BCUT2D eigenvalue weighted by Gasteiger charge is 2.32. The van der Waals surface area contributed by atoms with Gasteiger partial charge < -0.3 is 19.8 Å². The number of carboxylic acid groups (broad SMARTS) is 2. The summed E-state index contributed by atoms with van der Waals surface area (Å²) < 4.78 is 1.80. The highest BCUT2D eigenvalue weighted by Crippen LogP contribution is 2.34. The number of H-pyrrole nitrogens is 1. The summed E-state index contributed by atoms with van der Waals surface area (Å²) in [6, 6.07) is 7.86. The molecule has 1 aromatic carbocycles. The van der Waals surface area contributed by atoms with Crippen LogP contribution < -0.4 is 0 Å². The SMILES string of the molecule is Cc1c(C(=O)O)c(C(=O)O)c2n1Cc1[nH]c3ccccc3c1C2. The summed E-state index contributed by atoms with van der Waals surface area (Å²) in [5, 5.41) is 20.0. The molecule has 3 aromatic rings. The van der Waals surface area contributed by atoms with Gasteiger partial charge >= 0.3 is 11.9 Å². The summed E-state index contributed by atoms with van der Waals surface area (Å²) in [5.41, 5.74) is 3.90. The quantitative estimate of drug-likeness (QED) is 0.530. The molecule has 0 radical (unpaired) electrons. The molecular formula is C17H14N2O4. The standard InChI is InChI=1S/C17H14N2O4/c1-8-14(16(20)21)15(17(22)23)13-6-10-9-4-2-3-5-11(9)18-12(10)7-19(8)13/h2-5,18H,6-7H2,1H3,(H,20,21)(H,22,23). The normalized spacial score (nSPS) is 12.9. The van der Waals surface area contributed by atoms with Crippen molar-refractivity contribution in [1.29, 1.82) is 0 Å². The van der Waals surface area contributed by atoms with Crippen LogP contribution in [0, 0.1) is 6.92 Å². The highest BCUT2D eigenvalue weighted by molar-refractivity contribution is 6.04. The van der Waals surface area contributed by atoms with Crippen molar-refractivity contribution in [2.24, 2.45) is 0 Å². The molecule has 3 N–H and O–H groups in total. The number of aromatic nitrogens is 2. The lowest BCUT2D eigenvalue weighted by Gasteiger charge is -2.18. The van der Waals surface area contributed by atoms with Crippen LogP contribution in [-0.2, 0) is 13.0 Å². The molecule has 1 aliphatic heterocycles. The molecule has 23 heavy (non-hydrogen) atoms. The molecule has 2 aromatic heterocycles. The van der Waals surface area contributed by atoms with Crippen LogP contribution in [0.5, 0.6) is 0 Å². The Kier molecular flexibility index (Phi) is 2.66. The maximum Gasteiger partial charge on any atom is 0.338 e. The second-order valence-corrected chi connectivity index (χ2v) is 5.78. The minimum absolute atomic E-state index is 0.0917. The molecule has 6 nitrogen and oxygen atoms in total. The van der Waals surface area contributed by atoms with E-state index in [1.165, 1.54) is 0 Å². The van der Waals surface area contributed by atoms with Crippen LogP contribution in [0.15, 0.2) is 24.3 Å². The average molecular weight is 310 g/mol. The summed E-state index contributed by atoms with van der Waals surface area (Å²) in [5.74, 6) is -2.39. The third-order valence-electron chi connectivity index (χ3n) is 4.62. The fourth-order valence-electron chi connectivity index (χ4n) is 3.61. The van der Waals surface area contributed by atoms with Crippen molar-refractivity contribution in [1.82, 2.24) is 9.55 Å². The Morgan fingerprint density at radius 2 is 1.83 bits per heavy atom. The van der Waals surface area contributed by atoms with Gasteiger partial charge in [-0.1, -0.05) is 18.2 Å². The van der Waals surface area contributed by atoms with Crippen molar-refractivity contribution in [3.8, 4) is 0 Å². The molecular weight excluding hydrogens is 296 g/mol. The van der Waals surface area contributed by atoms with Gasteiger partial charge in [0.15, 0.2) is 0 Å². The van der Waals surface area contributed by atoms with E-state index in [4.69, 9.17) is 0 Å². The van der Waals surface area contributed by atoms with E-state index in [2.05, 4.69) is 4.98 Å². The molecule has 0 saturated heterocycles.